The summed E-state index contributed by atoms with van der Waals surface area (Å²) in [7, 11) is 0. The number of hydrogen-bond donors (Lipinski definition) is 3. The van der Waals surface area contributed by atoms with E-state index in [1.807, 2.05) is 6.07 Å². The fraction of sp³-hybridized carbons (Fsp3) is 0.200. The van der Waals surface area contributed by atoms with Crippen LogP contribution in [0, 0.1) is 11.3 Å². The molecule has 18 heavy (non-hydrogen) atoms. The molecule has 0 aliphatic rings. The van der Waals surface area contributed by atoms with Crippen LogP contribution in [0.4, 0.5) is 5.82 Å². The number of pyridine rings is 1. The lowest BCUT2D eigenvalue weighted by Gasteiger charge is -2.07. The SMILES string of the molecule is N#Cc1ccnc(NCC(=O)NCC(=O)O)c1Cl. The zero-order chi connectivity index (χ0) is 13.5. The standard InChI is InChI=1S/C10H9ClN4O3/c11-9-6(3-12)1-2-13-10(9)15-4-7(16)14-5-8(17)18/h1-2H,4-5H2,(H,13,15)(H,14,16)(H,17,18). The van der Waals surface area contributed by atoms with Crippen LogP contribution in [0.3, 0.4) is 0 Å². The molecule has 0 spiro atoms. The van der Waals surface area contributed by atoms with Crippen LogP contribution in [-0.4, -0.2) is 35.1 Å². The molecule has 0 aliphatic heterocycles. The van der Waals surface area contributed by atoms with E-state index >= 15 is 0 Å². The summed E-state index contributed by atoms with van der Waals surface area (Å²) in [5.74, 6) is -1.45. The quantitative estimate of drug-likeness (QED) is 0.704. The van der Waals surface area contributed by atoms with Gasteiger partial charge in [0.25, 0.3) is 0 Å². The van der Waals surface area contributed by atoms with Gasteiger partial charge in [-0.05, 0) is 6.07 Å². The zero-order valence-electron chi connectivity index (χ0n) is 9.11. The Hall–Kier alpha value is -2.33. The van der Waals surface area contributed by atoms with Crippen molar-refractivity contribution in [3.05, 3.63) is 22.8 Å². The van der Waals surface area contributed by atoms with Crippen molar-refractivity contribution in [2.75, 3.05) is 18.4 Å². The molecular formula is C10H9ClN4O3. The van der Waals surface area contributed by atoms with E-state index in [1.54, 1.807) is 0 Å². The first-order valence-electron chi connectivity index (χ1n) is 4.81. The van der Waals surface area contributed by atoms with Crippen molar-refractivity contribution in [1.29, 1.82) is 5.26 Å². The molecule has 1 amide bonds. The van der Waals surface area contributed by atoms with E-state index in [4.69, 9.17) is 22.0 Å². The fourth-order valence-corrected chi connectivity index (χ4v) is 1.27. The first-order chi connectivity index (χ1) is 8.54. The van der Waals surface area contributed by atoms with Crippen LogP contribution >= 0.6 is 11.6 Å². The Labute approximate surface area is 107 Å². The molecule has 0 atom stereocenters. The number of aliphatic carboxylic acids is 1. The van der Waals surface area contributed by atoms with Gasteiger partial charge in [0.2, 0.25) is 5.91 Å². The van der Waals surface area contributed by atoms with E-state index in [9.17, 15) is 9.59 Å². The summed E-state index contributed by atoms with van der Waals surface area (Å²) >= 11 is 5.85. The molecule has 0 saturated heterocycles. The number of carbonyl (C=O) groups excluding carboxylic acids is 1. The summed E-state index contributed by atoms with van der Waals surface area (Å²) < 4.78 is 0. The van der Waals surface area contributed by atoms with Gasteiger partial charge in [-0.15, -0.1) is 0 Å². The molecule has 0 unspecified atom stereocenters. The summed E-state index contributed by atoms with van der Waals surface area (Å²) in [6.45, 7) is -0.644. The highest BCUT2D eigenvalue weighted by molar-refractivity contribution is 6.34. The van der Waals surface area contributed by atoms with Gasteiger partial charge in [-0.3, -0.25) is 9.59 Å². The molecule has 0 aliphatic carbocycles. The third kappa shape index (κ3) is 3.92. The number of carbonyl (C=O) groups is 2. The number of hydrogen-bond acceptors (Lipinski definition) is 5. The second-order valence-corrected chi connectivity index (χ2v) is 3.53. The molecule has 1 heterocycles. The molecule has 1 aromatic rings. The Morgan fingerprint density at radius 3 is 2.83 bits per heavy atom. The van der Waals surface area contributed by atoms with Gasteiger partial charge in [0, 0.05) is 6.20 Å². The Balaban J connectivity index is 2.56. The molecule has 1 aromatic heterocycles. The van der Waals surface area contributed by atoms with Gasteiger partial charge in [-0.2, -0.15) is 5.26 Å². The minimum atomic E-state index is -1.13. The summed E-state index contributed by atoms with van der Waals surface area (Å²) in [5, 5.41) is 22.0. The molecule has 0 saturated carbocycles. The van der Waals surface area contributed by atoms with E-state index in [0.717, 1.165) is 0 Å². The van der Waals surface area contributed by atoms with E-state index in [2.05, 4.69) is 15.6 Å². The molecular weight excluding hydrogens is 260 g/mol. The smallest absolute Gasteiger partial charge is 0.322 e. The molecule has 94 valence electrons. The number of amides is 1. The second-order valence-electron chi connectivity index (χ2n) is 3.16. The highest BCUT2D eigenvalue weighted by Gasteiger charge is 2.09. The molecule has 0 fully saturated rings. The van der Waals surface area contributed by atoms with Gasteiger partial charge in [0.1, 0.15) is 23.5 Å². The molecule has 0 aromatic carbocycles. The van der Waals surface area contributed by atoms with Crippen LogP contribution in [0.5, 0.6) is 0 Å². The van der Waals surface area contributed by atoms with Crippen molar-refractivity contribution < 1.29 is 14.7 Å². The largest absolute Gasteiger partial charge is 0.480 e. The van der Waals surface area contributed by atoms with E-state index in [-0.39, 0.29) is 22.9 Å². The van der Waals surface area contributed by atoms with E-state index < -0.39 is 18.4 Å². The van der Waals surface area contributed by atoms with Gasteiger partial charge in [-0.1, -0.05) is 11.6 Å². The number of anilines is 1. The molecule has 0 radical (unpaired) electrons. The van der Waals surface area contributed by atoms with Crippen LogP contribution in [0.2, 0.25) is 5.02 Å². The third-order valence-corrected chi connectivity index (χ3v) is 2.25. The molecule has 0 bridgehead atoms. The van der Waals surface area contributed by atoms with Gasteiger partial charge in [0.15, 0.2) is 0 Å². The lowest BCUT2D eigenvalue weighted by atomic mass is 10.3. The van der Waals surface area contributed by atoms with Crippen LogP contribution in [0.1, 0.15) is 5.56 Å². The summed E-state index contributed by atoms with van der Waals surface area (Å²) in [6, 6.07) is 3.32. The first-order valence-corrected chi connectivity index (χ1v) is 5.19. The van der Waals surface area contributed by atoms with Crippen molar-refractivity contribution in [1.82, 2.24) is 10.3 Å². The van der Waals surface area contributed by atoms with Gasteiger partial charge in [-0.25, -0.2) is 4.98 Å². The molecule has 1 rings (SSSR count). The predicted molar refractivity (Wildman–Crippen MR) is 63.1 cm³/mol. The average Bonchev–Trinajstić information content (AvgIpc) is 2.35. The average molecular weight is 269 g/mol. The second kappa shape index (κ2) is 6.42. The van der Waals surface area contributed by atoms with Crippen molar-refractivity contribution in [3.63, 3.8) is 0 Å². The van der Waals surface area contributed by atoms with Crippen LogP contribution < -0.4 is 10.6 Å². The maximum Gasteiger partial charge on any atom is 0.322 e. The highest BCUT2D eigenvalue weighted by atomic mass is 35.5. The number of halogens is 1. The lowest BCUT2D eigenvalue weighted by molar-refractivity contribution is -0.137. The first kappa shape index (κ1) is 13.7. The summed E-state index contributed by atoms with van der Waals surface area (Å²) in [5.41, 5.74) is 0.236. The third-order valence-electron chi connectivity index (χ3n) is 1.86. The van der Waals surface area contributed by atoms with Crippen LogP contribution in [-0.2, 0) is 9.59 Å². The Kier molecular flexibility index (Phi) is 4.90. The van der Waals surface area contributed by atoms with Crippen molar-refractivity contribution >= 4 is 29.3 Å². The Morgan fingerprint density at radius 1 is 1.50 bits per heavy atom. The number of nitrogens with zero attached hydrogens (tertiary/aromatic N) is 2. The van der Waals surface area contributed by atoms with Gasteiger partial charge >= 0.3 is 5.97 Å². The number of aromatic nitrogens is 1. The summed E-state index contributed by atoms with van der Waals surface area (Å²) in [4.78, 5) is 25.3. The maximum absolute atomic E-state index is 11.2. The summed E-state index contributed by atoms with van der Waals surface area (Å²) in [6.07, 6.45) is 1.38. The van der Waals surface area contributed by atoms with Crippen LogP contribution in [0.25, 0.3) is 0 Å². The highest BCUT2D eigenvalue weighted by Crippen LogP contribution is 2.22. The van der Waals surface area contributed by atoms with Gasteiger partial charge < -0.3 is 15.7 Å². The fourth-order valence-electron chi connectivity index (χ4n) is 1.05. The number of nitrogens with one attached hydrogen (secondary N) is 2. The number of carboxylic acids is 1. The monoisotopic (exact) mass is 268 g/mol. The lowest BCUT2D eigenvalue weighted by Crippen LogP contribution is -2.34. The molecule has 8 heteroatoms. The topological polar surface area (TPSA) is 115 Å². The van der Waals surface area contributed by atoms with E-state index in [0.29, 0.717) is 0 Å². The van der Waals surface area contributed by atoms with Crippen molar-refractivity contribution in [2.24, 2.45) is 0 Å². The Morgan fingerprint density at radius 2 is 2.22 bits per heavy atom. The number of rotatable bonds is 5. The minimum absolute atomic E-state index is 0.117. The normalized spacial score (nSPS) is 9.33. The number of carboxylic acid groups (broad SMARTS) is 1. The number of nitriles is 1. The van der Waals surface area contributed by atoms with Gasteiger partial charge in [0.05, 0.1) is 12.1 Å². The van der Waals surface area contributed by atoms with E-state index in [1.165, 1.54) is 12.3 Å². The van der Waals surface area contributed by atoms with Crippen molar-refractivity contribution in [3.8, 4) is 6.07 Å². The Bertz CT molecular complexity index is 512. The molecule has 7 nitrogen and oxygen atoms in total. The molecule has 3 N–H and O–H groups in total. The predicted octanol–water partition coefficient (Wildman–Crippen LogP) is 0.219. The van der Waals surface area contributed by atoms with Crippen LogP contribution in [0.15, 0.2) is 12.3 Å². The minimum Gasteiger partial charge on any atom is -0.480 e. The zero-order valence-corrected chi connectivity index (χ0v) is 9.86. The maximum atomic E-state index is 11.2. The van der Waals surface area contributed by atoms with Crippen molar-refractivity contribution in [2.45, 2.75) is 0 Å².